The van der Waals surface area contributed by atoms with Crippen molar-refractivity contribution in [3.63, 3.8) is 0 Å². The molecule has 7 heteroatoms. The normalized spacial score (nSPS) is 10.1. The Morgan fingerprint density at radius 1 is 1.35 bits per heavy atom. The molecule has 1 heterocycles. The first-order valence-electron chi connectivity index (χ1n) is 6.55. The molecule has 1 rings (SSSR count). The molecular formula is C13H23N5O2. The predicted molar refractivity (Wildman–Crippen MR) is 79.3 cm³/mol. The smallest absolute Gasteiger partial charge is 0.241 e. The van der Waals surface area contributed by atoms with Gasteiger partial charge in [0.05, 0.1) is 13.7 Å². The van der Waals surface area contributed by atoms with E-state index >= 15 is 0 Å². The highest BCUT2D eigenvalue weighted by Gasteiger charge is 2.18. The number of ether oxygens (including phenoxy) is 1. The first-order chi connectivity index (χ1) is 9.51. The highest BCUT2D eigenvalue weighted by molar-refractivity contribution is 5.81. The van der Waals surface area contributed by atoms with Gasteiger partial charge in [0.2, 0.25) is 11.7 Å². The molecule has 0 atom stereocenters. The van der Waals surface area contributed by atoms with E-state index in [0.29, 0.717) is 17.4 Å². The number of nitrogens with one attached hydrogen (secondary N) is 1. The summed E-state index contributed by atoms with van der Waals surface area (Å²) in [7, 11) is 6.82. The summed E-state index contributed by atoms with van der Waals surface area (Å²) < 4.78 is 5.38. The topological polar surface area (TPSA) is 70.6 Å². The lowest BCUT2D eigenvalue weighted by Crippen LogP contribution is -2.35. The van der Waals surface area contributed by atoms with Crippen molar-refractivity contribution < 1.29 is 9.53 Å². The monoisotopic (exact) mass is 281 g/mol. The zero-order valence-electron chi connectivity index (χ0n) is 12.8. The number of anilines is 2. The van der Waals surface area contributed by atoms with Crippen molar-refractivity contribution in [2.75, 3.05) is 51.6 Å². The lowest BCUT2D eigenvalue weighted by atomic mass is 10.4. The fraction of sp³-hybridized carbons (Fsp3) is 0.615. The molecule has 1 amide bonds. The van der Waals surface area contributed by atoms with Gasteiger partial charge in [0.1, 0.15) is 6.33 Å². The second-order valence-electron chi connectivity index (χ2n) is 4.65. The van der Waals surface area contributed by atoms with Crippen LogP contribution in [-0.4, -0.2) is 62.1 Å². The number of nitrogens with zero attached hydrogens (tertiary/aromatic N) is 4. The van der Waals surface area contributed by atoms with Gasteiger partial charge in [0.25, 0.3) is 0 Å². The summed E-state index contributed by atoms with van der Waals surface area (Å²) in [6.45, 7) is 3.10. The number of carbonyl (C=O) groups is 1. The maximum atomic E-state index is 11.8. The third-order valence-corrected chi connectivity index (χ3v) is 2.76. The molecule has 0 radical (unpaired) electrons. The van der Waals surface area contributed by atoms with Gasteiger partial charge >= 0.3 is 0 Å². The number of likely N-dealkylation sites (N-methyl/N-ethyl adjacent to an activating group) is 2. The van der Waals surface area contributed by atoms with Gasteiger partial charge in [-0.05, 0) is 6.42 Å². The molecule has 1 aromatic rings. The molecule has 112 valence electrons. The number of amides is 1. The number of methoxy groups -OCH3 is 1. The first-order valence-corrected chi connectivity index (χ1v) is 6.55. The largest absolute Gasteiger partial charge is 0.490 e. The van der Waals surface area contributed by atoms with Crippen LogP contribution in [-0.2, 0) is 4.79 Å². The lowest BCUT2D eigenvalue weighted by molar-refractivity contribution is -0.127. The molecule has 0 unspecified atom stereocenters. The number of aromatic nitrogens is 2. The Morgan fingerprint density at radius 2 is 2.05 bits per heavy atom. The van der Waals surface area contributed by atoms with Crippen molar-refractivity contribution in [3.05, 3.63) is 6.33 Å². The predicted octanol–water partition coefficient (Wildman–Crippen LogP) is 0.832. The minimum Gasteiger partial charge on any atom is -0.490 e. The summed E-state index contributed by atoms with van der Waals surface area (Å²) >= 11 is 0. The van der Waals surface area contributed by atoms with Gasteiger partial charge in [-0.15, -0.1) is 0 Å². The SMILES string of the molecule is CCCNc1ncnc(N(C)CC(=O)N(C)C)c1OC. The number of carbonyl (C=O) groups excluding carboxylic acids is 1. The summed E-state index contributed by atoms with van der Waals surface area (Å²) in [4.78, 5) is 23.4. The van der Waals surface area contributed by atoms with E-state index in [1.807, 2.05) is 0 Å². The fourth-order valence-corrected chi connectivity index (χ4v) is 1.61. The molecule has 0 aliphatic heterocycles. The summed E-state index contributed by atoms with van der Waals surface area (Å²) in [5, 5.41) is 3.19. The van der Waals surface area contributed by atoms with Gasteiger partial charge in [-0.2, -0.15) is 0 Å². The average molecular weight is 281 g/mol. The highest BCUT2D eigenvalue weighted by Crippen LogP contribution is 2.31. The molecule has 7 nitrogen and oxygen atoms in total. The van der Waals surface area contributed by atoms with Crippen molar-refractivity contribution in [2.45, 2.75) is 13.3 Å². The van der Waals surface area contributed by atoms with Crippen LogP contribution in [0.1, 0.15) is 13.3 Å². The van der Waals surface area contributed by atoms with Crippen LogP contribution >= 0.6 is 0 Å². The summed E-state index contributed by atoms with van der Waals surface area (Å²) in [5.41, 5.74) is 0. The zero-order chi connectivity index (χ0) is 15.1. The van der Waals surface area contributed by atoms with Crippen LogP contribution in [0.15, 0.2) is 6.33 Å². The second-order valence-corrected chi connectivity index (χ2v) is 4.65. The molecular weight excluding hydrogens is 258 g/mol. The summed E-state index contributed by atoms with van der Waals surface area (Å²) in [5.74, 6) is 1.78. The van der Waals surface area contributed by atoms with Crippen LogP contribution in [0.25, 0.3) is 0 Å². The van der Waals surface area contributed by atoms with Crippen LogP contribution in [0.4, 0.5) is 11.6 Å². The Balaban J connectivity index is 2.95. The summed E-state index contributed by atoms with van der Waals surface area (Å²) in [6.07, 6.45) is 2.45. The Labute approximate surface area is 119 Å². The lowest BCUT2D eigenvalue weighted by Gasteiger charge is -2.22. The molecule has 1 aromatic heterocycles. The first kappa shape index (κ1) is 16.0. The molecule has 0 aromatic carbocycles. The van der Waals surface area contributed by atoms with Crippen molar-refractivity contribution in [1.82, 2.24) is 14.9 Å². The molecule has 0 fully saturated rings. The van der Waals surface area contributed by atoms with Gasteiger partial charge in [0.15, 0.2) is 11.6 Å². The van der Waals surface area contributed by atoms with Crippen LogP contribution in [0, 0.1) is 0 Å². The molecule has 0 spiro atoms. The Kier molecular flexibility index (Phi) is 6.02. The molecule has 0 aliphatic rings. The van der Waals surface area contributed by atoms with Crippen molar-refractivity contribution in [3.8, 4) is 5.75 Å². The van der Waals surface area contributed by atoms with Gasteiger partial charge in [0, 0.05) is 27.7 Å². The highest BCUT2D eigenvalue weighted by atomic mass is 16.5. The quantitative estimate of drug-likeness (QED) is 0.798. The molecule has 0 aliphatic carbocycles. The van der Waals surface area contributed by atoms with E-state index in [2.05, 4.69) is 22.2 Å². The van der Waals surface area contributed by atoms with Gasteiger partial charge in [-0.1, -0.05) is 6.92 Å². The zero-order valence-corrected chi connectivity index (χ0v) is 12.8. The molecule has 20 heavy (non-hydrogen) atoms. The molecule has 0 bridgehead atoms. The Bertz CT molecular complexity index is 450. The standard InChI is InChI=1S/C13H23N5O2/c1-6-7-14-12-11(20-5)13(16-9-15-12)18(4)8-10(19)17(2)3/h9H,6-8H2,1-5H3,(H,14,15,16). The van der Waals surface area contributed by atoms with Crippen LogP contribution < -0.4 is 15.0 Å². The second kappa shape index (κ2) is 7.52. The molecule has 0 saturated carbocycles. The Morgan fingerprint density at radius 3 is 2.60 bits per heavy atom. The molecule has 1 N–H and O–H groups in total. The van der Waals surface area contributed by atoms with Crippen molar-refractivity contribution in [1.29, 1.82) is 0 Å². The van der Waals surface area contributed by atoms with Crippen LogP contribution in [0.2, 0.25) is 0 Å². The maximum absolute atomic E-state index is 11.8. The fourth-order valence-electron chi connectivity index (χ4n) is 1.61. The van der Waals surface area contributed by atoms with E-state index in [1.165, 1.54) is 6.33 Å². The van der Waals surface area contributed by atoms with E-state index in [-0.39, 0.29) is 12.5 Å². The minimum atomic E-state index is -0.00349. The number of hydrogen-bond donors (Lipinski definition) is 1. The van der Waals surface area contributed by atoms with Gasteiger partial charge in [-0.3, -0.25) is 4.79 Å². The third-order valence-electron chi connectivity index (χ3n) is 2.76. The minimum absolute atomic E-state index is 0.00349. The van der Waals surface area contributed by atoms with E-state index in [1.54, 1.807) is 38.1 Å². The van der Waals surface area contributed by atoms with Gasteiger partial charge in [-0.25, -0.2) is 9.97 Å². The van der Waals surface area contributed by atoms with E-state index < -0.39 is 0 Å². The van der Waals surface area contributed by atoms with Gasteiger partial charge < -0.3 is 19.9 Å². The van der Waals surface area contributed by atoms with Crippen LogP contribution in [0.3, 0.4) is 0 Å². The summed E-state index contributed by atoms with van der Waals surface area (Å²) in [6, 6.07) is 0. The maximum Gasteiger partial charge on any atom is 0.241 e. The van der Waals surface area contributed by atoms with Crippen molar-refractivity contribution in [2.24, 2.45) is 0 Å². The van der Waals surface area contributed by atoms with E-state index in [9.17, 15) is 4.79 Å². The number of rotatable bonds is 7. The van der Waals surface area contributed by atoms with Crippen molar-refractivity contribution >= 4 is 17.5 Å². The molecule has 0 saturated heterocycles. The Hall–Kier alpha value is -2.05. The average Bonchev–Trinajstić information content (AvgIpc) is 2.44. The van der Waals surface area contributed by atoms with Crippen LogP contribution in [0.5, 0.6) is 5.75 Å². The number of hydrogen-bond acceptors (Lipinski definition) is 6. The van der Waals surface area contributed by atoms with E-state index in [4.69, 9.17) is 4.74 Å². The van der Waals surface area contributed by atoms with E-state index in [0.717, 1.165) is 13.0 Å². The third kappa shape index (κ3) is 3.97.